The number of hydrogen-bond acceptors (Lipinski definition) is 6. The highest BCUT2D eigenvalue weighted by atomic mass is 19.4. The molecule has 0 aliphatic carbocycles. The number of nitrogens with zero attached hydrogens (tertiary/aromatic N) is 5. The SMILES string of the molecule is CC(C)Oc1cc2c(cn1)CN=C2c1ccnc(N2CCN(CC(F)(F)F)CC2)c1. The number of rotatable bonds is 5. The van der Waals surface area contributed by atoms with E-state index in [0.717, 1.165) is 28.2 Å². The number of ether oxygens (including phenoxy) is 1. The standard InChI is InChI=1S/C21H24F3N5O/c1-14(2)30-19-10-17-16(11-26-19)12-27-20(17)15-3-4-25-18(9-15)29-7-5-28(6-8-29)13-21(22,23)24/h3-4,9-11,14H,5-8,12-13H2,1-2H3. The van der Waals surface area contributed by atoms with Crippen molar-refractivity contribution < 1.29 is 17.9 Å². The van der Waals surface area contributed by atoms with Crippen molar-refractivity contribution >= 4 is 11.5 Å². The van der Waals surface area contributed by atoms with Crippen molar-refractivity contribution in [2.75, 3.05) is 37.6 Å². The lowest BCUT2D eigenvalue weighted by Crippen LogP contribution is -2.49. The molecule has 0 atom stereocenters. The first-order valence-corrected chi connectivity index (χ1v) is 9.99. The summed E-state index contributed by atoms with van der Waals surface area (Å²) in [6.07, 6.45) is -0.617. The van der Waals surface area contributed by atoms with Gasteiger partial charge in [0.1, 0.15) is 5.82 Å². The second-order valence-corrected chi connectivity index (χ2v) is 7.79. The fourth-order valence-electron chi connectivity index (χ4n) is 3.74. The topological polar surface area (TPSA) is 53.9 Å². The van der Waals surface area contributed by atoms with Gasteiger partial charge in [0.25, 0.3) is 0 Å². The molecule has 4 heterocycles. The molecule has 2 aromatic rings. The van der Waals surface area contributed by atoms with E-state index in [1.54, 1.807) is 12.4 Å². The van der Waals surface area contributed by atoms with Gasteiger partial charge in [-0.15, -0.1) is 0 Å². The molecule has 2 aromatic heterocycles. The molecule has 0 spiro atoms. The third-order valence-corrected chi connectivity index (χ3v) is 5.10. The zero-order valence-corrected chi connectivity index (χ0v) is 17.0. The number of piperazine rings is 1. The zero-order chi connectivity index (χ0) is 21.3. The van der Waals surface area contributed by atoms with Gasteiger partial charge in [0, 0.05) is 61.3 Å². The summed E-state index contributed by atoms with van der Waals surface area (Å²) in [5.74, 6) is 1.32. The molecule has 30 heavy (non-hydrogen) atoms. The molecule has 9 heteroatoms. The predicted molar refractivity (Wildman–Crippen MR) is 108 cm³/mol. The quantitative estimate of drug-likeness (QED) is 0.745. The van der Waals surface area contributed by atoms with Gasteiger partial charge in [-0.05, 0) is 26.0 Å². The molecule has 4 rings (SSSR count). The molecule has 0 bridgehead atoms. The van der Waals surface area contributed by atoms with Crippen molar-refractivity contribution in [1.29, 1.82) is 0 Å². The normalized spacial score (nSPS) is 17.3. The van der Waals surface area contributed by atoms with Crippen molar-refractivity contribution in [3.63, 3.8) is 0 Å². The molecule has 0 amide bonds. The fraction of sp³-hybridized carbons (Fsp3) is 0.476. The largest absolute Gasteiger partial charge is 0.475 e. The van der Waals surface area contributed by atoms with Crippen LogP contribution in [0.1, 0.15) is 30.5 Å². The van der Waals surface area contributed by atoms with Crippen molar-refractivity contribution in [3.8, 4) is 5.88 Å². The molecule has 0 aromatic carbocycles. The van der Waals surface area contributed by atoms with Crippen LogP contribution in [0.3, 0.4) is 0 Å². The van der Waals surface area contributed by atoms with Gasteiger partial charge < -0.3 is 9.64 Å². The lowest BCUT2D eigenvalue weighted by Gasteiger charge is -2.35. The van der Waals surface area contributed by atoms with Crippen molar-refractivity contribution in [3.05, 3.63) is 47.3 Å². The number of fused-ring (bicyclic) bond motifs is 1. The van der Waals surface area contributed by atoms with Crippen LogP contribution in [0.5, 0.6) is 5.88 Å². The van der Waals surface area contributed by atoms with Gasteiger partial charge in [0.05, 0.1) is 24.9 Å². The van der Waals surface area contributed by atoms with E-state index in [1.165, 1.54) is 4.90 Å². The van der Waals surface area contributed by atoms with E-state index in [2.05, 4.69) is 15.0 Å². The van der Waals surface area contributed by atoms with Crippen LogP contribution in [0.25, 0.3) is 0 Å². The Morgan fingerprint density at radius 3 is 2.57 bits per heavy atom. The number of aliphatic imine (C=N–C) groups is 1. The fourth-order valence-corrected chi connectivity index (χ4v) is 3.74. The van der Waals surface area contributed by atoms with E-state index in [4.69, 9.17) is 4.74 Å². The number of pyridine rings is 2. The smallest absolute Gasteiger partial charge is 0.401 e. The van der Waals surface area contributed by atoms with Gasteiger partial charge in [0.2, 0.25) is 5.88 Å². The monoisotopic (exact) mass is 419 g/mol. The highest BCUT2D eigenvalue weighted by Gasteiger charge is 2.32. The summed E-state index contributed by atoms with van der Waals surface area (Å²) in [6, 6.07) is 5.77. The first-order chi connectivity index (χ1) is 14.3. The van der Waals surface area contributed by atoms with Crippen molar-refractivity contribution in [1.82, 2.24) is 14.9 Å². The highest BCUT2D eigenvalue weighted by molar-refractivity contribution is 6.15. The Bertz CT molecular complexity index is 936. The highest BCUT2D eigenvalue weighted by Crippen LogP contribution is 2.27. The van der Waals surface area contributed by atoms with E-state index in [0.29, 0.717) is 38.6 Å². The second-order valence-electron chi connectivity index (χ2n) is 7.79. The number of hydrogen-bond donors (Lipinski definition) is 0. The maximum absolute atomic E-state index is 12.6. The first kappa shape index (κ1) is 20.6. The van der Waals surface area contributed by atoms with Crippen LogP contribution in [0.15, 0.2) is 35.6 Å². The van der Waals surface area contributed by atoms with E-state index in [9.17, 15) is 13.2 Å². The minimum Gasteiger partial charge on any atom is -0.475 e. The summed E-state index contributed by atoms with van der Waals surface area (Å²) >= 11 is 0. The van der Waals surface area contributed by atoms with Gasteiger partial charge in [-0.3, -0.25) is 9.89 Å². The zero-order valence-electron chi connectivity index (χ0n) is 17.0. The van der Waals surface area contributed by atoms with Crippen LogP contribution in [-0.2, 0) is 6.54 Å². The molecule has 1 fully saturated rings. The van der Waals surface area contributed by atoms with Crippen LogP contribution in [0, 0.1) is 0 Å². The van der Waals surface area contributed by atoms with E-state index in [-0.39, 0.29) is 6.10 Å². The van der Waals surface area contributed by atoms with Gasteiger partial charge in [-0.2, -0.15) is 13.2 Å². The summed E-state index contributed by atoms with van der Waals surface area (Å²) < 4.78 is 43.5. The Morgan fingerprint density at radius 1 is 1.10 bits per heavy atom. The van der Waals surface area contributed by atoms with E-state index < -0.39 is 12.7 Å². The van der Waals surface area contributed by atoms with E-state index in [1.807, 2.05) is 36.9 Å². The Kier molecular flexibility index (Phi) is 5.64. The van der Waals surface area contributed by atoms with Crippen molar-refractivity contribution in [2.24, 2.45) is 4.99 Å². The molecule has 0 N–H and O–H groups in total. The number of halogens is 3. The minimum atomic E-state index is -4.17. The maximum atomic E-state index is 12.6. The lowest BCUT2D eigenvalue weighted by molar-refractivity contribution is -0.146. The van der Waals surface area contributed by atoms with Crippen LogP contribution < -0.4 is 9.64 Å². The lowest BCUT2D eigenvalue weighted by atomic mass is 10.0. The molecular weight excluding hydrogens is 395 g/mol. The molecule has 6 nitrogen and oxygen atoms in total. The molecule has 160 valence electrons. The molecule has 1 saturated heterocycles. The first-order valence-electron chi connectivity index (χ1n) is 9.99. The molecule has 0 unspecified atom stereocenters. The third-order valence-electron chi connectivity index (χ3n) is 5.10. The summed E-state index contributed by atoms with van der Waals surface area (Å²) in [5.41, 5.74) is 3.83. The number of anilines is 1. The Morgan fingerprint density at radius 2 is 1.87 bits per heavy atom. The molecule has 0 saturated carbocycles. The van der Waals surface area contributed by atoms with Crippen LogP contribution in [0.2, 0.25) is 0 Å². The van der Waals surface area contributed by atoms with Gasteiger partial charge in [0.15, 0.2) is 0 Å². The predicted octanol–water partition coefficient (Wildman–Crippen LogP) is 3.30. The summed E-state index contributed by atoms with van der Waals surface area (Å²) in [7, 11) is 0. The van der Waals surface area contributed by atoms with Crippen LogP contribution in [-0.4, -0.2) is 65.6 Å². The van der Waals surface area contributed by atoms with Gasteiger partial charge in [-0.25, -0.2) is 9.97 Å². The molecule has 2 aliphatic heterocycles. The summed E-state index contributed by atoms with van der Waals surface area (Å²) in [5, 5.41) is 0. The van der Waals surface area contributed by atoms with Gasteiger partial charge in [-0.1, -0.05) is 0 Å². The average molecular weight is 419 g/mol. The van der Waals surface area contributed by atoms with Gasteiger partial charge >= 0.3 is 6.18 Å². The number of alkyl halides is 3. The van der Waals surface area contributed by atoms with Crippen LogP contribution in [0.4, 0.5) is 19.0 Å². The molecule has 2 aliphatic rings. The molecular formula is C21H24F3N5O. The number of aromatic nitrogens is 2. The maximum Gasteiger partial charge on any atom is 0.401 e. The summed E-state index contributed by atoms with van der Waals surface area (Å²) in [6.45, 7) is 5.33. The van der Waals surface area contributed by atoms with Crippen molar-refractivity contribution in [2.45, 2.75) is 32.7 Å². The Hall–Kier alpha value is -2.68. The Balaban J connectivity index is 1.49. The Labute approximate surface area is 173 Å². The third kappa shape index (κ3) is 4.72. The average Bonchev–Trinajstić information content (AvgIpc) is 3.10. The van der Waals surface area contributed by atoms with Crippen LogP contribution >= 0.6 is 0 Å². The second kappa shape index (κ2) is 8.22. The molecule has 0 radical (unpaired) electrons. The summed E-state index contributed by atoms with van der Waals surface area (Å²) in [4.78, 5) is 16.9. The van der Waals surface area contributed by atoms with E-state index >= 15 is 0 Å². The minimum absolute atomic E-state index is 0.0286.